The Bertz CT molecular complexity index is 1520. The topological polar surface area (TPSA) is 97.0 Å². The molecule has 2 aromatic rings. The molecule has 44 heavy (non-hydrogen) atoms. The molecule has 0 bridgehead atoms. The van der Waals surface area contributed by atoms with E-state index in [9.17, 15) is 13.2 Å². The lowest BCUT2D eigenvalue weighted by Gasteiger charge is -2.50. The van der Waals surface area contributed by atoms with E-state index in [0.717, 1.165) is 48.6 Å². The molecule has 1 saturated heterocycles. The number of amides is 1. The molecule has 0 spiro atoms. The van der Waals surface area contributed by atoms with Crippen LogP contribution >= 0.6 is 11.6 Å². The fraction of sp³-hybridized carbons (Fsp3) is 0.500. The molecule has 2 aliphatic carbocycles. The van der Waals surface area contributed by atoms with Crippen LogP contribution in [0.3, 0.4) is 0 Å². The lowest BCUT2D eigenvalue weighted by Crippen LogP contribution is -2.49. The number of benzene rings is 2. The molecular formula is C34H42ClN3O5S. The molecule has 6 rings (SSSR count). The number of rotatable bonds is 10. The number of nitrogens with one attached hydrogen (secondary N) is 2. The number of carbonyl (C=O) groups is 1. The number of likely N-dealkylation sites (tertiary alicyclic amines) is 1. The van der Waals surface area contributed by atoms with E-state index < -0.39 is 21.4 Å². The number of halogens is 1. The molecule has 8 nitrogen and oxygen atoms in total. The van der Waals surface area contributed by atoms with Gasteiger partial charge in [0.2, 0.25) is 10.0 Å². The van der Waals surface area contributed by atoms with Crippen LogP contribution in [0.25, 0.3) is 0 Å². The Kier molecular flexibility index (Phi) is 9.38. The maximum atomic E-state index is 13.0. The largest absolute Gasteiger partial charge is 0.492 e. The first-order chi connectivity index (χ1) is 21.2. The van der Waals surface area contributed by atoms with Crippen LogP contribution in [0, 0.1) is 5.92 Å². The molecule has 2 N–H and O–H groups in total. The van der Waals surface area contributed by atoms with Gasteiger partial charge in [0.05, 0.1) is 5.25 Å². The normalized spacial score (nSPS) is 24.3. The summed E-state index contributed by atoms with van der Waals surface area (Å²) in [5, 5.41) is 3.87. The molecule has 2 fully saturated rings. The summed E-state index contributed by atoms with van der Waals surface area (Å²) in [6, 6.07) is 14.7. The van der Waals surface area contributed by atoms with E-state index in [1.54, 1.807) is 0 Å². The fourth-order valence-electron chi connectivity index (χ4n) is 7.10. The van der Waals surface area contributed by atoms with Gasteiger partial charge in [-0.25, -0.2) is 17.9 Å². The molecule has 2 heterocycles. The van der Waals surface area contributed by atoms with Crippen LogP contribution in [0.15, 0.2) is 66.3 Å². The third-order valence-corrected chi connectivity index (χ3v) is 11.8. The smallest absolute Gasteiger partial charge is 0.410 e. The second-order valence-electron chi connectivity index (χ2n) is 12.6. The minimum absolute atomic E-state index is 0.0265. The Balaban J connectivity index is 1.01. The van der Waals surface area contributed by atoms with Gasteiger partial charge in [0, 0.05) is 36.1 Å². The molecule has 2 aromatic carbocycles. The number of carbonyl (C=O) groups excluding carboxylic acids is 1. The Morgan fingerprint density at radius 1 is 1.18 bits per heavy atom. The van der Waals surface area contributed by atoms with E-state index in [4.69, 9.17) is 21.1 Å². The molecule has 236 valence electrons. The van der Waals surface area contributed by atoms with Crippen molar-refractivity contribution in [1.29, 1.82) is 0 Å². The Morgan fingerprint density at radius 2 is 2.00 bits per heavy atom. The lowest BCUT2D eigenvalue weighted by atomic mass is 9.58. The van der Waals surface area contributed by atoms with Gasteiger partial charge in [-0.1, -0.05) is 61.4 Å². The number of hydrogen-bond donors (Lipinski definition) is 2. The van der Waals surface area contributed by atoms with Gasteiger partial charge in [0.1, 0.15) is 19.0 Å². The average molecular weight is 640 g/mol. The SMILES string of the molecule is CC1C=CC=C(COC(=O)N2CCC(S(=O)(=O)NCCOc3ccc4c(c3)C(C3(c5ccc(Cl)cc5)CCC3)NCC4)C2)C1. The first-order valence-corrected chi connectivity index (χ1v) is 17.7. The molecule has 0 aromatic heterocycles. The first-order valence-electron chi connectivity index (χ1n) is 15.7. The van der Waals surface area contributed by atoms with Gasteiger partial charge in [0.25, 0.3) is 0 Å². The predicted molar refractivity (Wildman–Crippen MR) is 173 cm³/mol. The highest BCUT2D eigenvalue weighted by molar-refractivity contribution is 7.90. The third-order valence-electron chi connectivity index (χ3n) is 9.64. The van der Waals surface area contributed by atoms with Crippen LogP contribution in [-0.4, -0.2) is 64.1 Å². The number of sulfonamides is 1. The molecule has 10 heteroatoms. The van der Waals surface area contributed by atoms with Crippen molar-refractivity contribution < 1.29 is 22.7 Å². The van der Waals surface area contributed by atoms with Gasteiger partial charge in [0.15, 0.2) is 0 Å². The maximum absolute atomic E-state index is 13.0. The summed E-state index contributed by atoms with van der Waals surface area (Å²) in [5.74, 6) is 1.15. The summed E-state index contributed by atoms with van der Waals surface area (Å²) in [6.45, 7) is 4.12. The number of fused-ring (bicyclic) bond motifs is 1. The third kappa shape index (κ3) is 6.71. The van der Waals surface area contributed by atoms with E-state index in [0.29, 0.717) is 18.9 Å². The van der Waals surface area contributed by atoms with Crippen molar-refractivity contribution in [3.63, 3.8) is 0 Å². The number of nitrogens with zero attached hydrogens (tertiary/aromatic N) is 1. The van der Waals surface area contributed by atoms with Gasteiger partial charge in [-0.05, 0) is 91.1 Å². The summed E-state index contributed by atoms with van der Waals surface area (Å²) < 4.78 is 40.2. The van der Waals surface area contributed by atoms with Crippen LogP contribution in [-0.2, 0) is 26.6 Å². The van der Waals surface area contributed by atoms with Crippen LogP contribution in [0.2, 0.25) is 5.02 Å². The van der Waals surface area contributed by atoms with Crippen molar-refractivity contribution in [2.75, 3.05) is 39.4 Å². The van der Waals surface area contributed by atoms with Crippen molar-refractivity contribution in [3.8, 4) is 5.75 Å². The Morgan fingerprint density at radius 3 is 2.75 bits per heavy atom. The van der Waals surface area contributed by atoms with E-state index >= 15 is 0 Å². The van der Waals surface area contributed by atoms with Gasteiger partial charge in [-0.3, -0.25) is 0 Å². The molecule has 1 amide bonds. The number of hydrogen-bond acceptors (Lipinski definition) is 6. The highest BCUT2D eigenvalue weighted by Crippen LogP contribution is 2.53. The van der Waals surface area contributed by atoms with Crippen molar-refractivity contribution in [3.05, 3.63) is 88.0 Å². The highest BCUT2D eigenvalue weighted by atomic mass is 35.5. The van der Waals surface area contributed by atoms with Gasteiger partial charge in [-0.2, -0.15) is 0 Å². The summed E-state index contributed by atoms with van der Waals surface area (Å²) in [7, 11) is -3.61. The van der Waals surface area contributed by atoms with E-state index in [1.165, 1.54) is 28.0 Å². The van der Waals surface area contributed by atoms with E-state index in [1.807, 2.05) is 30.4 Å². The van der Waals surface area contributed by atoms with Crippen molar-refractivity contribution in [2.45, 2.75) is 62.2 Å². The molecule has 3 unspecified atom stereocenters. The monoisotopic (exact) mass is 639 g/mol. The number of allylic oxidation sites excluding steroid dienone is 3. The number of ether oxygens (including phenoxy) is 2. The first kappa shape index (κ1) is 31.1. The molecular weight excluding hydrogens is 598 g/mol. The Hall–Kier alpha value is -2.85. The van der Waals surface area contributed by atoms with Crippen molar-refractivity contribution in [1.82, 2.24) is 14.9 Å². The van der Waals surface area contributed by atoms with E-state index in [-0.39, 0.29) is 37.8 Å². The zero-order valence-corrected chi connectivity index (χ0v) is 26.8. The Labute approximate surface area is 265 Å². The van der Waals surface area contributed by atoms with Crippen LogP contribution < -0.4 is 14.8 Å². The van der Waals surface area contributed by atoms with Gasteiger partial charge in [-0.15, -0.1) is 0 Å². The van der Waals surface area contributed by atoms with E-state index in [2.05, 4.69) is 47.3 Å². The lowest BCUT2D eigenvalue weighted by molar-refractivity contribution is 0.118. The summed E-state index contributed by atoms with van der Waals surface area (Å²) in [4.78, 5) is 14.1. The van der Waals surface area contributed by atoms with Crippen LogP contribution in [0.5, 0.6) is 5.75 Å². The second kappa shape index (κ2) is 13.3. The van der Waals surface area contributed by atoms with Crippen molar-refractivity contribution >= 4 is 27.7 Å². The quantitative estimate of drug-likeness (QED) is 0.325. The molecule has 3 atom stereocenters. The molecule has 1 saturated carbocycles. The minimum atomic E-state index is -3.61. The van der Waals surface area contributed by atoms with Crippen LogP contribution in [0.4, 0.5) is 4.79 Å². The van der Waals surface area contributed by atoms with Crippen LogP contribution in [0.1, 0.15) is 61.8 Å². The van der Waals surface area contributed by atoms with Gasteiger partial charge < -0.3 is 19.7 Å². The summed E-state index contributed by atoms with van der Waals surface area (Å²) >= 11 is 6.20. The zero-order chi connectivity index (χ0) is 30.7. The standard InChI is InChI=1S/C34H42ClN3O5S/c1-24-4-2-5-25(20-24)23-43-33(39)38-18-13-30(22-38)44(40,41)37-17-19-42-29-11-6-26-12-16-36-32(31(26)21-29)34(14-3-15-34)27-7-9-28(35)10-8-27/h2,4-11,21,24,30,32,36-37H,3,12-20,22-23H2,1H3. The molecule has 4 aliphatic rings. The maximum Gasteiger partial charge on any atom is 0.410 e. The van der Waals surface area contributed by atoms with Crippen molar-refractivity contribution in [2.24, 2.45) is 5.92 Å². The predicted octanol–water partition coefficient (Wildman–Crippen LogP) is 5.68. The average Bonchev–Trinajstić information content (AvgIpc) is 3.51. The zero-order valence-electron chi connectivity index (χ0n) is 25.3. The van der Waals surface area contributed by atoms with Gasteiger partial charge >= 0.3 is 6.09 Å². The minimum Gasteiger partial charge on any atom is -0.492 e. The molecule has 0 radical (unpaired) electrons. The summed E-state index contributed by atoms with van der Waals surface area (Å²) in [5.41, 5.74) is 4.99. The fourth-order valence-corrected chi connectivity index (χ4v) is 8.62. The molecule has 2 aliphatic heterocycles. The highest BCUT2D eigenvalue weighted by Gasteiger charge is 2.47. The second-order valence-corrected chi connectivity index (χ2v) is 15.1. The summed E-state index contributed by atoms with van der Waals surface area (Å²) in [6.07, 6.45) is 11.2.